The summed E-state index contributed by atoms with van der Waals surface area (Å²) in [5, 5.41) is 3.42. The van der Waals surface area contributed by atoms with E-state index in [1.807, 2.05) is 12.3 Å². The van der Waals surface area contributed by atoms with Gasteiger partial charge in [0.2, 0.25) is 0 Å². The first-order chi connectivity index (χ1) is 13.0. The topological polar surface area (TPSA) is 49.6 Å². The van der Waals surface area contributed by atoms with Crippen LogP contribution in [0.1, 0.15) is 38.3 Å². The van der Waals surface area contributed by atoms with Crippen molar-refractivity contribution >= 4 is 29.9 Å². The van der Waals surface area contributed by atoms with Crippen LogP contribution in [0.25, 0.3) is 0 Å². The molecule has 0 saturated carbocycles. The second-order valence-electron chi connectivity index (χ2n) is 7.99. The van der Waals surface area contributed by atoms with E-state index >= 15 is 0 Å². The third-order valence-corrected chi connectivity index (χ3v) is 5.00. The molecule has 1 aliphatic rings. The van der Waals surface area contributed by atoms with Gasteiger partial charge in [-0.25, -0.2) is 4.99 Å². The highest BCUT2D eigenvalue weighted by Gasteiger charge is 2.30. The van der Waals surface area contributed by atoms with E-state index in [9.17, 15) is 4.79 Å². The Bertz CT molecular complexity index is 842. The summed E-state index contributed by atoms with van der Waals surface area (Å²) >= 11 is 0. The van der Waals surface area contributed by atoms with Gasteiger partial charge in [-0.1, -0.05) is 44.2 Å². The molecule has 152 valence electrons. The number of aliphatic imine (C=N–C) groups is 1. The van der Waals surface area contributed by atoms with Crippen LogP contribution in [0, 0.1) is 5.41 Å². The molecule has 3 rings (SSSR count). The number of rotatable bonds is 5. The molecule has 2 heterocycles. The van der Waals surface area contributed by atoms with E-state index < -0.39 is 0 Å². The number of halogens is 1. The van der Waals surface area contributed by atoms with Crippen molar-refractivity contribution in [1.82, 2.24) is 14.8 Å². The third kappa shape index (κ3) is 6.09. The number of aromatic nitrogens is 1. The average molecular weight is 494 g/mol. The van der Waals surface area contributed by atoms with Crippen molar-refractivity contribution in [2.75, 3.05) is 19.6 Å². The van der Waals surface area contributed by atoms with E-state index in [0.29, 0.717) is 18.5 Å². The average Bonchev–Trinajstić information content (AvgIpc) is 3.01. The normalized spacial score (nSPS) is 16.0. The van der Waals surface area contributed by atoms with Crippen LogP contribution >= 0.6 is 24.0 Å². The molecule has 1 aromatic carbocycles. The molecule has 1 aliphatic heterocycles. The van der Waals surface area contributed by atoms with Gasteiger partial charge in [0.25, 0.3) is 5.56 Å². The summed E-state index contributed by atoms with van der Waals surface area (Å²) in [5.41, 5.74) is 2.67. The first-order valence-corrected chi connectivity index (χ1v) is 9.73. The molecule has 0 unspecified atom stereocenters. The number of hydrogen-bond donors (Lipinski definition) is 1. The van der Waals surface area contributed by atoms with Crippen LogP contribution in [0.15, 0.2) is 58.4 Å². The Kier molecular flexibility index (Phi) is 8.10. The molecule has 1 aromatic heterocycles. The Hall–Kier alpha value is -1.83. The Morgan fingerprint density at radius 1 is 1.14 bits per heavy atom. The summed E-state index contributed by atoms with van der Waals surface area (Å²) in [6, 6.07) is 13.6. The van der Waals surface area contributed by atoms with Crippen LogP contribution in [-0.4, -0.2) is 35.1 Å². The summed E-state index contributed by atoms with van der Waals surface area (Å²) in [6.45, 7) is 11.0. The third-order valence-electron chi connectivity index (χ3n) is 5.00. The fourth-order valence-electron chi connectivity index (χ4n) is 3.42. The highest BCUT2D eigenvalue weighted by atomic mass is 127. The van der Waals surface area contributed by atoms with Gasteiger partial charge in [0.15, 0.2) is 5.96 Å². The second-order valence-corrected chi connectivity index (χ2v) is 7.99. The predicted octanol–water partition coefficient (Wildman–Crippen LogP) is 3.71. The van der Waals surface area contributed by atoms with Gasteiger partial charge in [-0.3, -0.25) is 4.79 Å². The first kappa shape index (κ1) is 22.5. The van der Waals surface area contributed by atoms with E-state index in [1.54, 1.807) is 16.7 Å². The fourth-order valence-corrected chi connectivity index (χ4v) is 3.42. The number of guanidine groups is 1. The molecule has 0 atom stereocenters. The molecule has 1 fully saturated rings. The summed E-state index contributed by atoms with van der Waals surface area (Å²) in [6.07, 6.45) is 3.02. The van der Waals surface area contributed by atoms with Gasteiger partial charge in [-0.05, 0) is 36.0 Å². The molecule has 0 radical (unpaired) electrons. The minimum absolute atomic E-state index is 0. The highest BCUT2D eigenvalue weighted by Crippen LogP contribution is 2.28. The van der Waals surface area contributed by atoms with Crippen LogP contribution in [0.5, 0.6) is 0 Å². The van der Waals surface area contributed by atoms with E-state index in [4.69, 9.17) is 4.99 Å². The number of likely N-dealkylation sites (tertiary alicyclic amines) is 1. The smallest absolute Gasteiger partial charge is 0.250 e. The van der Waals surface area contributed by atoms with Gasteiger partial charge in [-0.2, -0.15) is 0 Å². The predicted molar refractivity (Wildman–Crippen MR) is 126 cm³/mol. The quantitative estimate of drug-likeness (QED) is 0.392. The van der Waals surface area contributed by atoms with E-state index in [-0.39, 0.29) is 29.5 Å². The molecule has 0 aliphatic carbocycles. The van der Waals surface area contributed by atoms with Crippen LogP contribution in [0.4, 0.5) is 0 Å². The van der Waals surface area contributed by atoms with Gasteiger partial charge < -0.3 is 14.8 Å². The lowest BCUT2D eigenvalue weighted by Crippen LogP contribution is -2.40. The molecule has 28 heavy (non-hydrogen) atoms. The molecule has 0 spiro atoms. The number of benzene rings is 1. The lowest BCUT2D eigenvalue weighted by molar-refractivity contribution is 0.370. The molecule has 0 bridgehead atoms. The van der Waals surface area contributed by atoms with E-state index in [0.717, 1.165) is 31.2 Å². The zero-order chi connectivity index (χ0) is 19.3. The van der Waals surface area contributed by atoms with Crippen molar-refractivity contribution in [3.05, 3.63) is 70.1 Å². The summed E-state index contributed by atoms with van der Waals surface area (Å²) in [5.74, 6) is 1.00. The zero-order valence-corrected chi connectivity index (χ0v) is 19.3. The standard InChI is InChI=1S/C22H30N4O.HI/c1-4-23-21(26-14-12-22(2,3)17-26)24-15-18-8-10-19(11-9-18)16-25-13-6-5-7-20(25)27;/h5-11,13H,4,12,14-17H2,1-3H3,(H,23,24);1H. The fraction of sp³-hybridized carbons (Fsp3) is 0.455. The van der Waals surface area contributed by atoms with Gasteiger partial charge in [-0.15, -0.1) is 24.0 Å². The second kappa shape index (κ2) is 10.1. The van der Waals surface area contributed by atoms with Crippen LogP contribution in [0.3, 0.4) is 0 Å². The molecular formula is C22H31IN4O. The molecule has 5 nitrogen and oxygen atoms in total. The SMILES string of the molecule is CCNC(=NCc1ccc(Cn2ccccc2=O)cc1)N1CCC(C)(C)C1.I. The van der Waals surface area contributed by atoms with Crippen molar-refractivity contribution < 1.29 is 0 Å². The zero-order valence-electron chi connectivity index (χ0n) is 17.0. The molecule has 1 N–H and O–H groups in total. The summed E-state index contributed by atoms with van der Waals surface area (Å²) < 4.78 is 1.71. The highest BCUT2D eigenvalue weighted by molar-refractivity contribution is 14.0. The number of pyridine rings is 1. The van der Waals surface area contributed by atoms with Crippen molar-refractivity contribution in [3.63, 3.8) is 0 Å². The molecule has 2 aromatic rings. The monoisotopic (exact) mass is 494 g/mol. The van der Waals surface area contributed by atoms with Crippen LogP contribution in [0.2, 0.25) is 0 Å². The lowest BCUT2D eigenvalue weighted by Gasteiger charge is -2.23. The van der Waals surface area contributed by atoms with Crippen LogP contribution in [-0.2, 0) is 13.1 Å². The van der Waals surface area contributed by atoms with Gasteiger partial charge >= 0.3 is 0 Å². The number of nitrogens with zero attached hydrogens (tertiary/aromatic N) is 3. The molecule has 6 heteroatoms. The maximum absolute atomic E-state index is 11.8. The Morgan fingerprint density at radius 2 is 1.86 bits per heavy atom. The maximum atomic E-state index is 11.8. The van der Waals surface area contributed by atoms with Gasteiger partial charge in [0.1, 0.15) is 0 Å². The minimum atomic E-state index is 0. The van der Waals surface area contributed by atoms with E-state index in [2.05, 4.69) is 55.3 Å². The Balaban J connectivity index is 0.00000280. The molecule has 1 saturated heterocycles. The number of hydrogen-bond acceptors (Lipinski definition) is 2. The van der Waals surface area contributed by atoms with Crippen molar-refractivity contribution in [1.29, 1.82) is 0 Å². The van der Waals surface area contributed by atoms with Gasteiger partial charge in [0.05, 0.1) is 13.1 Å². The minimum Gasteiger partial charge on any atom is -0.357 e. The molecular weight excluding hydrogens is 463 g/mol. The maximum Gasteiger partial charge on any atom is 0.250 e. The largest absolute Gasteiger partial charge is 0.357 e. The lowest BCUT2D eigenvalue weighted by atomic mass is 9.93. The summed E-state index contributed by atoms with van der Waals surface area (Å²) in [7, 11) is 0. The number of nitrogens with one attached hydrogen (secondary N) is 1. The van der Waals surface area contributed by atoms with Gasteiger partial charge in [0, 0.05) is 31.9 Å². The van der Waals surface area contributed by atoms with Crippen molar-refractivity contribution in [2.24, 2.45) is 10.4 Å². The van der Waals surface area contributed by atoms with E-state index in [1.165, 1.54) is 12.0 Å². The first-order valence-electron chi connectivity index (χ1n) is 9.73. The molecule has 0 amide bonds. The van der Waals surface area contributed by atoms with Crippen molar-refractivity contribution in [3.8, 4) is 0 Å². The van der Waals surface area contributed by atoms with Crippen molar-refractivity contribution in [2.45, 2.75) is 40.3 Å². The van der Waals surface area contributed by atoms with Crippen LogP contribution < -0.4 is 10.9 Å². The summed E-state index contributed by atoms with van der Waals surface area (Å²) in [4.78, 5) is 19.0. The Morgan fingerprint density at radius 3 is 2.46 bits per heavy atom. The Labute approximate surface area is 184 Å².